The van der Waals surface area contributed by atoms with Gasteiger partial charge in [0.05, 0.1) is 12.7 Å². The molecule has 0 aliphatic heterocycles. The van der Waals surface area contributed by atoms with Crippen molar-refractivity contribution >= 4 is 6.03 Å². The minimum absolute atomic E-state index is 0.106. The lowest BCUT2D eigenvalue weighted by molar-refractivity contribution is 0.172. The van der Waals surface area contributed by atoms with E-state index in [4.69, 9.17) is 4.74 Å². The molecular formula is C19H23FN2O3. The number of ether oxygens (including phenoxy) is 1. The highest BCUT2D eigenvalue weighted by Gasteiger charge is 2.11. The Labute approximate surface area is 146 Å². The van der Waals surface area contributed by atoms with E-state index in [1.165, 1.54) is 13.2 Å². The fourth-order valence-corrected chi connectivity index (χ4v) is 2.51. The number of halogens is 1. The Balaban J connectivity index is 1.83. The Hall–Kier alpha value is -2.44. The average Bonchev–Trinajstić information content (AvgIpc) is 2.61. The monoisotopic (exact) mass is 346 g/mol. The first kappa shape index (κ1) is 18.9. The molecule has 1 unspecified atom stereocenters. The second-order valence-electron chi connectivity index (χ2n) is 5.79. The summed E-state index contributed by atoms with van der Waals surface area (Å²) in [5, 5.41) is 15.5. The number of urea groups is 1. The molecule has 0 fully saturated rings. The highest BCUT2D eigenvalue weighted by atomic mass is 19.1. The first-order chi connectivity index (χ1) is 12.0. The Bertz CT molecular complexity index is 722. The molecule has 2 rings (SSSR count). The Morgan fingerprint density at radius 1 is 1.24 bits per heavy atom. The summed E-state index contributed by atoms with van der Waals surface area (Å²) in [6.45, 7) is 2.44. The van der Waals surface area contributed by atoms with Gasteiger partial charge in [0, 0.05) is 25.8 Å². The van der Waals surface area contributed by atoms with Crippen LogP contribution in [0, 0.1) is 12.7 Å². The maximum absolute atomic E-state index is 13.6. The van der Waals surface area contributed by atoms with Crippen LogP contribution >= 0.6 is 0 Å². The Morgan fingerprint density at radius 2 is 2.00 bits per heavy atom. The molecule has 25 heavy (non-hydrogen) atoms. The van der Waals surface area contributed by atoms with Crippen LogP contribution in [0.1, 0.15) is 28.4 Å². The van der Waals surface area contributed by atoms with Crippen molar-refractivity contribution in [1.29, 1.82) is 0 Å². The van der Waals surface area contributed by atoms with Crippen LogP contribution in [0.2, 0.25) is 0 Å². The van der Waals surface area contributed by atoms with Gasteiger partial charge in [0.1, 0.15) is 5.82 Å². The van der Waals surface area contributed by atoms with Gasteiger partial charge in [-0.3, -0.25) is 0 Å². The van der Waals surface area contributed by atoms with Crippen LogP contribution < -0.4 is 10.6 Å². The van der Waals surface area contributed by atoms with Crippen molar-refractivity contribution in [3.63, 3.8) is 0 Å². The lowest BCUT2D eigenvalue weighted by Crippen LogP contribution is -2.37. The van der Waals surface area contributed by atoms with Gasteiger partial charge >= 0.3 is 6.03 Å². The van der Waals surface area contributed by atoms with Crippen LogP contribution in [0.25, 0.3) is 0 Å². The molecule has 2 aromatic carbocycles. The van der Waals surface area contributed by atoms with Crippen LogP contribution in [0.4, 0.5) is 9.18 Å². The van der Waals surface area contributed by atoms with Gasteiger partial charge in [-0.15, -0.1) is 0 Å². The Morgan fingerprint density at radius 3 is 2.72 bits per heavy atom. The van der Waals surface area contributed by atoms with Gasteiger partial charge < -0.3 is 20.5 Å². The van der Waals surface area contributed by atoms with E-state index in [9.17, 15) is 14.3 Å². The highest BCUT2D eigenvalue weighted by Crippen LogP contribution is 2.16. The van der Waals surface area contributed by atoms with Crippen molar-refractivity contribution in [2.75, 3.05) is 13.7 Å². The lowest BCUT2D eigenvalue weighted by atomic mass is 10.0. The fraction of sp³-hybridized carbons (Fsp3) is 0.316. The first-order valence-corrected chi connectivity index (χ1v) is 8.02. The second kappa shape index (κ2) is 9.15. The van der Waals surface area contributed by atoms with E-state index in [2.05, 4.69) is 10.6 Å². The van der Waals surface area contributed by atoms with Crippen molar-refractivity contribution in [3.05, 3.63) is 70.5 Å². The SMILES string of the molecule is COCc1cc(CNC(=O)NCC(O)c2ccccc2C)ccc1F. The number of amides is 2. The number of aliphatic hydroxyl groups is 1. The molecule has 5 nitrogen and oxygen atoms in total. The molecule has 134 valence electrons. The molecule has 2 amide bonds. The quantitative estimate of drug-likeness (QED) is 0.722. The molecule has 1 atom stereocenters. The third-order valence-corrected chi connectivity index (χ3v) is 3.87. The number of carbonyl (C=O) groups excluding carboxylic acids is 1. The zero-order chi connectivity index (χ0) is 18.2. The predicted octanol–water partition coefficient (Wildman–Crippen LogP) is 2.81. The molecule has 0 aromatic heterocycles. The molecule has 0 spiro atoms. The van der Waals surface area contributed by atoms with E-state index in [1.54, 1.807) is 12.1 Å². The van der Waals surface area contributed by atoms with E-state index in [1.807, 2.05) is 31.2 Å². The van der Waals surface area contributed by atoms with Gasteiger partial charge in [-0.05, 0) is 35.7 Å². The summed E-state index contributed by atoms with van der Waals surface area (Å²) in [4.78, 5) is 11.9. The first-order valence-electron chi connectivity index (χ1n) is 8.02. The minimum Gasteiger partial charge on any atom is -0.387 e. The van der Waals surface area contributed by atoms with Crippen molar-refractivity contribution in [1.82, 2.24) is 10.6 Å². The van der Waals surface area contributed by atoms with Crippen LogP contribution in [-0.2, 0) is 17.9 Å². The van der Waals surface area contributed by atoms with Gasteiger partial charge in [-0.25, -0.2) is 9.18 Å². The van der Waals surface area contributed by atoms with Gasteiger partial charge in [0.2, 0.25) is 0 Å². The van der Waals surface area contributed by atoms with Crippen molar-refractivity contribution < 1.29 is 19.0 Å². The van der Waals surface area contributed by atoms with Crippen LogP contribution in [0.15, 0.2) is 42.5 Å². The van der Waals surface area contributed by atoms with Crippen molar-refractivity contribution in [2.45, 2.75) is 26.2 Å². The molecule has 0 saturated heterocycles. The average molecular weight is 346 g/mol. The number of methoxy groups -OCH3 is 1. The maximum Gasteiger partial charge on any atom is 0.315 e. The van der Waals surface area contributed by atoms with Crippen molar-refractivity contribution in [3.8, 4) is 0 Å². The third-order valence-electron chi connectivity index (χ3n) is 3.87. The summed E-state index contributed by atoms with van der Waals surface area (Å²) in [6, 6.07) is 11.7. The molecule has 0 aliphatic rings. The molecule has 0 aliphatic carbocycles. The molecule has 2 aromatic rings. The van der Waals surface area contributed by atoms with Crippen LogP contribution in [0.5, 0.6) is 0 Å². The summed E-state index contributed by atoms with van der Waals surface area (Å²) < 4.78 is 18.5. The Kier molecular flexibility index (Phi) is 6.91. The summed E-state index contributed by atoms with van der Waals surface area (Å²) in [7, 11) is 1.50. The molecule has 0 bridgehead atoms. The third kappa shape index (κ3) is 5.55. The van der Waals surface area contributed by atoms with Gasteiger partial charge in [-0.1, -0.05) is 30.3 Å². The smallest absolute Gasteiger partial charge is 0.315 e. The lowest BCUT2D eigenvalue weighted by Gasteiger charge is -2.15. The highest BCUT2D eigenvalue weighted by molar-refractivity contribution is 5.73. The topological polar surface area (TPSA) is 70.6 Å². The summed E-state index contributed by atoms with van der Waals surface area (Å²) in [5.41, 5.74) is 2.96. The van der Waals surface area contributed by atoms with Gasteiger partial charge in [0.15, 0.2) is 0 Å². The number of benzene rings is 2. The zero-order valence-corrected chi connectivity index (χ0v) is 14.4. The van der Waals surface area contributed by atoms with Crippen LogP contribution in [0.3, 0.4) is 0 Å². The fourth-order valence-electron chi connectivity index (χ4n) is 2.51. The predicted molar refractivity (Wildman–Crippen MR) is 93.5 cm³/mol. The number of nitrogens with one attached hydrogen (secondary N) is 2. The standard InChI is InChI=1S/C19H23FN2O3/c1-13-5-3-4-6-16(13)18(23)11-22-19(24)21-10-14-7-8-17(20)15(9-14)12-25-2/h3-9,18,23H,10-12H2,1-2H3,(H2,21,22,24). The largest absolute Gasteiger partial charge is 0.387 e. The molecule has 0 radical (unpaired) electrons. The molecule has 6 heteroatoms. The zero-order valence-electron chi connectivity index (χ0n) is 14.4. The molecule has 0 heterocycles. The molecule has 0 saturated carbocycles. The van der Waals surface area contributed by atoms with Crippen molar-refractivity contribution in [2.24, 2.45) is 0 Å². The van der Waals surface area contributed by atoms with Crippen LogP contribution in [-0.4, -0.2) is 24.8 Å². The summed E-state index contributed by atoms with van der Waals surface area (Å²) in [6.07, 6.45) is -0.772. The van der Waals surface area contributed by atoms with E-state index >= 15 is 0 Å². The van der Waals surface area contributed by atoms with E-state index < -0.39 is 12.1 Å². The van der Waals surface area contributed by atoms with E-state index in [0.29, 0.717) is 5.56 Å². The number of aliphatic hydroxyl groups excluding tert-OH is 1. The van der Waals surface area contributed by atoms with E-state index in [0.717, 1.165) is 16.7 Å². The normalized spacial score (nSPS) is 11.8. The number of rotatable bonds is 7. The van der Waals surface area contributed by atoms with E-state index in [-0.39, 0.29) is 25.5 Å². The van der Waals surface area contributed by atoms with Gasteiger partial charge in [0.25, 0.3) is 0 Å². The molecular weight excluding hydrogens is 323 g/mol. The van der Waals surface area contributed by atoms with Gasteiger partial charge in [-0.2, -0.15) is 0 Å². The summed E-state index contributed by atoms with van der Waals surface area (Å²) in [5.74, 6) is -0.337. The number of hydrogen-bond donors (Lipinski definition) is 3. The summed E-state index contributed by atoms with van der Waals surface area (Å²) >= 11 is 0. The number of hydrogen-bond acceptors (Lipinski definition) is 3. The number of aryl methyl sites for hydroxylation is 1. The maximum atomic E-state index is 13.6. The minimum atomic E-state index is -0.772. The molecule has 3 N–H and O–H groups in total. The number of carbonyl (C=O) groups is 1. The second-order valence-corrected chi connectivity index (χ2v) is 5.79.